The number of amides is 4. The van der Waals surface area contributed by atoms with E-state index in [9.17, 15) is 19.2 Å². The fraction of sp³-hybridized carbons (Fsp3) is 0.526. The molecule has 280 valence electrons. The monoisotopic (exact) mass is 734 g/mol. The van der Waals surface area contributed by atoms with Crippen LogP contribution in [0, 0.1) is 12.3 Å². The summed E-state index contributed by atoms with van der Waals surface area (Å²) in [6.07, 6.45) is 3.45. The summed E-state index contributed by atoms with van der Waals surface area (Å²) in [4.78, 5) is 63.5. The third-order valence-corrected chi connectivity index (χ3v) is 9.85. The summed E-state index contributed by atoms with van der Waals surface area (Å²) in [6, 6.07) is 9.80. The lowest BCUT2D eigenvalue weighted by Crippen LogP contribution is -2.58. The van der Waals surface area contributed by atoms with Gasteiger partial charge in [-0.2, -0.15) is 0 Å². The van der Waals surface area contributed by atoms with E-state index in [1.807, 2.05) is 78.2 Å². The highest BCUT2D eigenvalue weighted by Crippen LogP contribution is 2.29. The molecule has 52 heavy (non-hydrogen) atoms. The molecule has 13 nitrogen and oxygen atoms in total. The lowest BCUT2D eigenvalue weighted by molar-refractivity contribution is -0.144. The summed E-state index contributed by atoms with van der Waals surface area (Å²) >= 11 is 1.59. The van der Waals surface area contributed by atoms with Crippen LogP contribution in [-0.4, -0.2) is 81.7 Å². The zero-order chi connectivity index (χ0) is 37.6. The number of carbonyl (C=O) groups excluding carboxylic acids is 4. The number of pyridine rings is 1. The van der Waals surface area contributed by atoms with Crippen molar-refractivity contribution >= 4 is 35.2 Å². The quantitative estimate of drug-likeness (QED) is 0.228. The number of benzene rings is 1. The van der Waals surface area contributed by atoms with Crippen LogP contribution >= 0.6 is 11.3 Å². The Morgan fingerprint density at radius 2 is 1.73 bits per heavy atom. The number of hydrogen-bond donors (Lipinski definition) is 3. The first-order valence-corrected chi connectivity index (χ1v) is 18.6. The molecule has 3 aromatic rings. The van der Waals surface area contributed by atoms with Crippen molar-refractivity contribution in [2.75, 3.05) is 13.2 Å². The third kappa shape index (κ3) is 10.4. The lowest BCUT2D eigenvalue weighted by Gasteiger charge is -2.35. The number of aromatic nitrogens is 2. The number of hydrogen-bond acceptors (Lipinski definition) is 10. The maximum absolute atomic E-state index is 13.9. The minimum Gasteiger partial charge on any atom is -0.482 e. The Balaban J connectivity index is 1.07. The molecule has 5 rings (SSSR count). The van der Waals surface area contributed by atoms with Gasteiger partial charge >= 0.3 is 6.09 Å². The van der Waals surface area contributed by atoms with Crippen molar-refractivity contribution in [3.8, 4) is 22.1 Å². The van der Waals surface area contributed by atoms with Gasteiger partial charge in [0.1, 0.15) is 29.5 Å². The van der Waals surface area contributed by atoms with Crippen molar-refractivity contribution in [2.24, 2.45) is 5.41 Å². The molecule has 2 aliphatic rings. The van der Waals surface area contributed by atoms with Gasteiger partial charge in [0.05, 0.1) is 22.3 Å². The van der Waals surface area contributed by atoms with Crippen molar-refractivity contribution in [3.63, 3.8) is 0 Å². The third-order valence-electron chi connectivity index (χ3n) is 8.87. The van der Waals surface area contributed by atoms with Gasteiger partial charge in [-0.25, -0.2) is 14.8 Å². The molecule has 1 aliphatic heterocycles. The second-order valence-electron chi connectivity index (χ2n) is 15.4. The number of aryl methyl sites for hydroxylation is 1. The number of carbonyl (C=O) groups is 4. The number of nitrogens with one attached hydrogen (secondary N) is 3. The van der Waals surface area contributed by atoms with Gasteiger partial charge in [-0.15, -0.1) is 11.3 Å². The van der Waals surface area contributed by atoms with Gasteiger partial charge in [0.25, 0.3) is 5.91 Å². The predicted molar refractivity (Wildman–Crippen MR) is 197 cm³/mol. The standard InChI is InChI=1S/C38H50N6O7S/c1-23-32(52-22-41-23)25-12-10-24(11-13-25)19-40-34(46)29-9-8-16-44(29)35(47)33(37(2,3)4)43-30(45)21-49-27-14-15-31(39-20-27)50-28-17-26(18-28)42-36(48)51-38(5,6)7/h10-15,20,22,26,28-29,33H,8-9,16-19,21H2,1-7H3,(H,40,46)(H,42,48)(H,43,45). The van der Waals surface area contributed by atoms with Crippen LogP contribution in [0.15, 0.2) is 48.1 Å². The molecule has 0 spiro atoms. The Bertz CT molecular complexity index is 1710. The van der Waals surface area contributed by atoms with E-state index in [0.717, 1.165) is 21.7 Å². The van der Waals surface area contributed by atoms with Crippen LogP contribution in [-0.2, 0) is 25.7 Å². The minimum atomic E-state index is -0.871. The van der Waals surface area contributed by atoms with Crippen molar-refractivity contribution < 1.29 is 33.4 Å². The number of nitrogens with zero attached hydrogens (tertiary/aromatic N) is 3. The number of rotatable bonds is 12. The van der Waals surface area contributed by atoms with E-state index in [0.29, 0.717) is 50.4 Å². The summed E-state index contributed by atoms with van der Waals surface area (Å²) in [7, 11) is 0. The highest BCUT2D eigenvalue weighted by Gasteiger charge is 2.42. The maximum Gasteiger partial charge on any atom is 0.407 e. The Morgan fingerprint density at radius 3 is 2.35 bits per heavy atom. The van der Waals surface area contributed by atoms with Crippen molar-refractivity contribution in [2.45, 2.75) is 111 Å². The molecule has 1 saturated heterocycles. The van der Waals surface area contributed by atoms with E-state index in [2.05, 4.69) is 25.9 Å². The van der Waals surface area contributed by atoms with Gasteiger partial charge in [-0.1, -0.05) is 45.0 Å². The predicted octanol–water partition coefficient (Wildman–Crippen LogP) is 5.17. The first-order chi connectivity index (χ1) is 24.6. The average Bonchev–Trinajstić information content (AvgIpc) is 3.73. The molecule has 1 aromatic carbocycles. The summed E-state index contributed by atoms with van der Waals surface area (Å²) in [5.74, 6) is -0.219. The molecule has 14 heteroatoms. The van der Waals surface area contributed by atoms with Gasteiger partial charge in [-0.3, -0.25) is 14.4 Å². The normalized spacial score (nSPS) is 19.2. The van der Waals surface area contributed by atoms with Crippen LogP contribution in [0.4, 0.5) is 4.79 Å². The van der Waals surface area contributed by atoms with E-state index in [1.54, 1.807) is 28.4 Å². The minimum absolute atomic E-state index is 0.0215. The van der Waals surface area contributed by atoms with Crippen LogP contribution in [0.1, 0.15) is 78.5 Å². The largest absolute Gasteiger partial charge is 0.482 e. The molecule has 2 fully saturated rings. The van der Waals surface area contributed by atoms with Crippen LogP contribution < -0.4 is 25.4 Å². The van der Waals surface area contributed by atoms with Crippen molar-refractivity contribution in [1.29, 1.82) is 0 Å². The molecule has 2 unspecified atom stereocenters. The Hall–Kier alpha value is -4.72. The molecule has 2 aromatic heterocycles. The van der Waals surface area contributed by atoms with Gasteiger partial charge in [-0.05, 0) is 63.1 Å². The summed E-state index contributed by atoms with van der Waals surface area (Å²) in [5, 5.41) is 8.68. The average molecular weight is 735 g/mol. The van der Waals surface area contributed by atoms with Crippen molar-refractivity contribution in [1.82, 2.24) is 30.8 Å². The zero-order valence-corrected chi connectivity index (χ0v) is 31.8. The first kappa shape index (κ1) is 38.5. The highest BCUT2D eigenvalue weighted by molar-refractivity contribution is 7.13. The molecule has 1 aliphatic carbocycles. The van der Waals surface area contributed by atoms with Gasteiger partial charge in [0.2, 0.25) is 17.7 Å². The lowest BCUT2D eigenvalue weighted by atomic mass is 9.85. The van der Waals surface area contributed by atoms with E-state index >= 15 is 0 Å². The second kappa shape index (κ2) is 16.3. The SMILES string of the molecule is Cc1ncsc1-c1ccc(CNC(=O)C2CCCN2C(=O)C(NC(=O)COc2ccc(OC3CC(NC(=O)OC(C)(C)C)C3)nc2)C(C)(C)C)cc1. The summed E-state index contributed by atoms with van der Waals surface area (Å²) < 4.78 is 16.8. The Labute approximate surface area is 309 Å². The van der Waals surface area contributed by atoms with Crippen molar-refractivity contribution in [3.05, 3.63) is 59.4 Å². The smallest absolute Gasteiger partial charge is 0.407 e. The highest BCUT2D eigenvalue weighted by atomic mass is 32.1. The van der Waals surface area contributed by atoms with Gasteiger partial charge < -0.3 is 35.1 Å². The Morgan fingerprint density at radius 1 is 1.00 bits per heavy atom. The second-order valence-corrected chi connectivity index (χ2v) is 16.3. The van der Waals surface area contributed by atoms with Crippen LogP contribution in [0.25, 0.3) is 10.4 Å². The number of ether oxygens (including phenoxy) is 3. The summed E-state index contributed by atoms with van der Waals surface area (Å²) in [6.45, 7) is 13.5. The molecular weight excluding hydrogens is 685 g/mol. The molecule has 3 heterocycles. The molecule has 1 saturated carbocycles. The van der Waals surface area contributed by atoms with Gasteiger partial charge in [0.15, 0.2) is 6.61 Å². The number of thiazole rings is 1. The molecule has 2 atom stereocenters. The van der Waals surface area contributed by atoms with E-state index < -0.39 is 35.1 Å². The van der Waals surface area contributed by atoms with Crippen LogP contribution in [0.2, 0.25) is 0 Å². The first-order valence-electron chi connectivity index (χ1n) is 17.7. The number of alkyl carbamates (subject to hydrolysis) is 1. The van der Waals surface area contributed by atoms with E-state index in [-0.39, 0.29) is 30.6 Å². The molecular formula is C38H50N6O7S. The molecule has 0 radical (unpaired) electrons. The molecule has 0 bridgehead atoms. The molecule has 3 N–H and O–H groups in total. The molecule has 4 amide bonds. The zero-order valence-electron chi connectivity index (χ0n) is 31.0. The topological polar surface area (TPSA) is 161 Å². The van der Waals surface area contributed by atoms with E-state index in [4.69, 9.17) is 14.2 Å². The maximum atomic E-state index is 13.9. The van der Waals surface area contributed by atoms with E-state index in [1.165, 1.54) is 6.20 Å². The van der Waals surface area contributed by atoms with Gasteiger partial charge in [0, 0.05) is 38.0 Å². The van der Waals surface area contributed by atoms with Crippen LogP contribution in [0.5, 0.6) is 11.6 Å². The summed E-state index contributed by atoms with van der Waals surface area (Å²) in [5.41, 5.74) is 3.66. The Kier molecular flexibility index (Phi) is 12.1. The van der Waals surface area contributed by atoms with Crippen LogP contribution in [0.3, 0.4) is 0 Å². The number of likely N-dealkylation sites (tertiary alicyclic amines) is 1. The fourth-order valence-electron chi connectivity index (χ4n) is 6.08. The fourth-order valence-corrected chi connectivity index (χ4v) is 6.89.